The number of ether oxygens (including phenoxy) is 1. The van der Waals surface area contributed by atoms with Crippen molar-refractivity contribution in [3.8, 4) is 11.5 Å². The molecule has 0 aliphatic rings. The Hall–Kier alpha value is -2.62. The molecule has 0 saturated heterocycles. The number of phenolic OH excluding ortho intramolecular Hbond substituents is 1. The number of carbonyl (C=O) groups is 2. The molecule has 2 aromatic rings. The highest BCUT2D eigenvalue weighted by molar-refractivity contribution is 5.97. The van der Waals surface area contributed by atoms with E-state index in [4.69, 9.17) is 4.74 Å². The molecular weight excluding hydrogens is 256 g/mol. The molecule has 102 valence electrons. The van der Waals surface area contributed by atoms with Crippen molar-refractivity contribution in [2.45, 2.75) is 13.8 Å². The van der Waals surface area contributed by atoms with Crippen LogP contribution in [0.15, 0.2) is 36.4 Å². The van der Waals surface area contributed by atoms with Crippen molar-refractivity contribution in [2.75, 3.05) is 0 Å². The summed E-state index contributed by atoms with van der Waals surface area (Å²) in [5, 5.41) is 9.92. The van der Waals surface area contributed by atoms with Gasteiger partial charge in [-0.1, -0.05) is 18.2 Å². The molecular formula is C16H14O4. The van der Waals surface area contributed by atoms with E-state index in [1.54, 1.807) is 38.1 Å². The monoisotopic (exact) mass is 270 g/mol. The highest BCUT2D eigenvalue weighted by atomic mass is 16.5. The van der Waals surface area contributed by atoms with Crippen LogP contribution in [0.2, 0.25) is 0 Å². The Morgan fingerprint density at radius 3 is 2.40 bits per heavy atom. The van der Waals surface area contributed by atoms with E-state index in [1.807, 2.05) is 6.07 Å². The van der Waals surface area contributed by atoms with Crippen LogP contribution in [0.25, 0.3) is 0 Å². The second-order valence-electron chi connectivity index (χ2n) is 4.43. The lowest BCUT2D eigenvalue weighted by Gasteiger charge is -2.12. The third kappa shape index (κ3) is 2.54. The molecule has 1 N–H and O–H groups in total. The molecule has 0 bridgehead atoms. The molecule has 0 aliphatic heterocycles. The van der Waals surface area contributed by atoms with Gasteiger partial charge in [-0.25, -0.2) is 4.79 Å². The van der Waals surface area contributed by atoms with E-state index < -0.39 is 5.97 Å². The lowest BCUT2D eigenvalue weighted by molar-refractivity contribution is 0.0730. The number of benzene rings is 2. The standard InChI is InChI=1S/C16H14O4/c1-10-11(2)15(14(18)8-12(10)9-17)16(19)20-13-6-4-3-5-7-13/h3-9,18H,1-2H3. The fourth-order valence-corrected chi connectivity index (χ4v) is 1.95. The van der Waals surface area contributed by atoms with E-state index in [1.165, 1.54) is 6.07 Å². The zero-order valence-electron chi connectivity index (χ0n) is 11.2. The second-order valence-corrected chi connectivity index (χ2v) is 4.43. The fourth-order valence-electron chi connectivity index (χ4n) is 1.95. The minimum atomic E-state index is -0.647. The van der Waals surface area contributed by atoms with Gasteiger partial charge < -0.3 is 9.84 Å². The Labute approximate surface area is 116 Å². The third-order valence-electron chi connectivity index (χ3n) is 3.20. The van der Waals surface area contributed by atoms with Crippen LogP contribution in [-0.4, -0.2) is 17.4 Å². The van der Waals surface area contributed by atoms with Crippen LogP contribution in [-0.2, 0) is 0 Å². The lowest BCUT2D eigenvalue weighted by atomic mass is 9.97. The van der Waals surface area contributed by atoms with E-state index in [0.29, 0.717) is 28.7 Å². The van der Waals surface area contributed by atoms with Gasteiger partial charge in [0.05, 0.1) is 0 Å². The first-order valence-corrected chi connectivity index (χ1v) is 6.10. The quantitative estimate of drug-likeness (QED) is 0.529. The van der Waals surface area contributed by atoms with Crippen molar-refractivity contribution < 1.29 is 19.4 Å². The molecule has 0 amide bonds. The largest absolute Gasteiger partial charge is 0.507 e. The summed E-state index contributed by atoms with van der Waals surface area (Å²) in [7, 11) is 0. The first-order chi connectivity index (χ1) is 9.54. The molecule has 0 heterocycles. The van der Waals surface area contributed by atoms with Crippen LogP contribution in [0.4, 0.5) is 0 Å². The van der Waals surface area contributed by atoms with E-state index in [9.17, 15) is 14.7 Å². The molecule has 2 rings (SSSR count). The maximum absolute atomic E-state index is 12.1. The van der Waals surface area contributed by atoms with Gasteiger partial charge in [0.25, 0.3) is 0 Å². The minimum Gasteiger partial charge on any atom is -0.507 e. The molecule has 0 fully saturated rings. The first-order valence-electron chi connectivity index (χ1n) is 6.10. The number of hydrogen-bond acceptors (Lipinski definition) is 4. The first kappa shape index (κ1) is 13.8. The summed E-state index contributed by atoms with van der Waals surface area (Å²) >= 11 is 0. The average molecular weight is 270 g/mol. The highest BCUT2D eigenvalue weighted by Gasteiger charge is 2.20. The Balaban J connectivity index is 2.40. The number of esters is 1. The van der Waals surface area contributed by atoms with Crippen molar-refractivity contribution in [1.82, 2.24) is 0 Å². The van der Waals surface area contributed by atoms with Crippen LogP contribution < -0.4 is 4.74 Å². The lowest BCUT2D eigenvalue weighted by Crippen LogP contribution is -2.12. The van der Waals surface area contributed by atoms with E-state index >= 15 is 0 Å². The Bertz CT molecular complexity index is 660. The number of para-hydroxylation sites is 1. The molecule has 2 aromatic carbocycles. The van der Waals surface area contributed by atoms with Gasteiger partial charge in [-0.05, 0) is 43.2 Å². The Kier molecular flexibility index (Phi) is 3.84. The van der Waals surface area contributed by atoms with Gasteiger partial charge in [0.15, 0.2) is 0 Å². The van der Waals surface area contributed by atoms with Gasteiger partial charge in [0.1, 0.15) is 23.3 Å². The number of rotatable bonds is 3. The number of carbonyl (C=O) groups excluding carboxylic acids is 2. The van der Waals surface area contributed by atoms with Crippen LogP contribution >= 0.6 is 0 Å². The molecule has 0 radical (unpaired) electrons. The van der Waals surface area contributed by atoms with Gasteiger partial charge in [-0.3, -0.25) is 4.79 Å². The molecule has 0 aliphatic carbocycles. The van der Waals surface area contributed by atoms with Gasteiger partial charge in [0.2, 0.25) is 0 Å². The maximum atomic E-state index is 12.1. The van der Waals surface area contributed by atoms with E-state index in [2.05, 4.69) is 0 Å². The Morgan fingerprint density at radius 2 is 1.80 bits per heavy atom. The molecule has 0 atom stereocenters. The molecule has 4 nitrogen and oxygen atoms in total. The van der Waals surface area contributed by atoms with E-state index in [-0.39, 0.29) is 11.3 Å². The van der Waals surface area contributed by atoms with Crippen molar-refractivity contribution in [2.24, 2.45) is 0 Å². The molecule has 0 unspecified atom stereocenters. The number of phenols is 1. The van der Waals surface area contributed by atoms with E-state index in [0.717, 1.165) is 0 Å². The summed E-state index contributed by atoms with van der Waals surface area (Å²) in [5.74, 6) is -0.503. The van der Waals surface area contributed by atoms with Crippen LogP contribution in [0.1, 0.15) is 31.8 Å². The average Bonchev–Trinajstić information content (AvgIpc) is 2.44. The molecule has 0 spiro atoms. The molecule has 0 aromatic heterocycles. The Morgan fingerprint density at radius 1 is 1.15 bits per heavy atom. The van der Waals surface area contributed by atoms with Crippen molar-refractivity contribution in [1.29, 1.82) is 0 Å². The number of aldehydes is 1. The van der Waals surface area contributed by atoms with Crippen molar-refractivity contribution >= 4 is 12.3 Å². The molecule has 20 heavy (non-hydrogen) atoms. The summed E-state index contributed by atoms with van der Waals surface area (Å²) in [5.41, 5.74) is 1.62. The third-order valence-corrected chi connectivity index (χ3v) is 3.20. The summed E-state index contributed by atoms with van der Waals surface area (Å²) in [6.45, 7) is 3.39. The summed E-state index contributed by atoms with van der Waals surface area (Å²) in [4.78, 5) is 23.0. The zero-order chi connectivity index (χ0) is 14.7. The van der Waals surface area contributed by atoms with Crippen molar-refractivity contribution in [3.05, 3.63) is 58.7 Å². The molecule has 0 saturated carbocycles. The number of aromatic hydroxyl groups is 1. The normalized spacial score (nSPS) is 10.1. The van der Waals surface area contributed by atoms with Gasteiger partial charge in [0, 0.05) is 5.56 Å². The van der Waals surface area contributed by atoms with Crippen LogP contribution in [0.3, 0.4) is 0 Å². The van der Waals surface area contributed by atoms with Crippen molar-refractivity contribution in [3.63, 3.8) is 0 Å². The van der Waals surface area contributed by atoms with Gasteiger partial charge in [-0.15, -0.1) is 0 Å². The zero-order valence-corrected chi connectivity index (χ0v) is 11.2. The number of hydrogen-bond donors (Lipinski definition) is 1. The summed E-state index contributed by atoms with van der Waals surface area (Å²) in [6.07, 6.45) is 0.647. The maximum Gasteiger partial charge on any atom is 0.347 e. The predicted molar refractivity (Wildman–Crippen MR) is 74.4 cm³/mol. The summed E-state index contributed by atoms with van der Waals surface area (Å²) < 4.78 is 5.20. The smallest absolute Gasteiger partial charge is 0.347 e. The fraction of sp³-hybridized carbons (Fsp3) is 0.125. The van der Waals surface area contributed by atoms with Crippen LogP contribution in [0.5, 0.6) is 11.5 Å². The summed E-state index contributed by atoms with van der Waals surface area (Å²) in [6, 6.07) is 9.87. The topological polar surface area (TPSA) is 63.6 Å². The molecule has 4 heteroatoms. The SMILES string of the molecule is Cc1c(C=O)cc(O)c(C(=O)Oc2ccccc2)c1C. The predicted octanol–water partition coefficient (Wildman–Crippen LogP) is 3.04. The second kappa shape index (κ2) is 5.57. The highest BCUT2D eigenvalue weighted by Crippen LogP contribution is 2.27. The van der Waals surface area contributed by atoms with Gasteiger partial charge >= 0.3 is 5.97 Å². The van der Waals surface area contributed by atoms with Crippen LogP contribution in [0, 0.1) is 13.8 Å². The minimum absolute atomic E-state index is 0.0805. The van der Waals surface area contributed by atoms with Gasteiger partial charge in [-0.2, -0.15) is 0 Å².